The van der Waals surface area contributed by atoms with E-state index in [-0.39, 0.29) is 24.7 Å². The van der Waals surface area contributed by atoms with Crippen molar-refractivity contribution < 1.29 is 9.59 Å². The number of benzene rings is 3. The number of hydrogen-bond donors (Lipinski definition) is 2. The number of carbonyl (C=O) groups is 2. The van der Waals surface area contributed by atoms with Crippen molar-refractivity contribution in [3.63, 3.8) is 0 Å². The molecule has 0 saturated carbocycles. The van der Waals surface area contributed by atoms with Gasteiger partial charge in [0.1, 0.15) is 5.82 Å². The van der Waals surface area contributed by atoms with E-state index in [1.54, 1.807) is 4.68 Å². The molecule has 0 saturated heterocycles. The fraction of sp³-hybridized carbons (Fsp3) is 0.179. The summed E-state index contributed by atoms with van der Waals surface area (Å²) in [5.41, 5.74) is 6.66. The Morgan fingerprint density at radius 3 is 2.21 bits per heavy atom. The molecule has 6 heteroatoms. The molecule has 4 aromatic rings. The number of aryl methyl sites for hydroxylation is 3. The fourth-order valence-electron chi connectivity index (χ4n) is 3.65. The number of aromatic nitrogens is 2. The Hall–Kier alpha value is -4.19. The summed E-state index contributed by atoms with van der Waals surface area (Å²) in [6, 6.07) is 25.3. The molecular weight excluding hydrogens is 424 g/mol. The molecule has 0 aliphatic carbocycles. The molecule has 0 radical (unpaired) electrons. The molecule has 4 rings (SSSR count). The van der Waals surface area contributed by atoms with Crippen LogP contribution in [0.2, 0.25) is 0 Å². The van der Waals surface area contributed by atoms with Gasteiger partial charge in [0.15, 0.2) is 0 Å². The van der Waals surface area contributed by atoms with Crippen molar-refractivity contribution in [1.29, 1.82) is 0 Å². The third-order valence-corrected chi connectivity index (χ3v) is 5.66. The number of rotatable bonds is 7. The normalized spacial score (nSPS) is 10.7. The molecule has 0 aliphatic heterocycles. The van der Waals surface area contributed by atoms with Crippen molar-refractivity contribution >= 4 is 23.3 Å². The first-order valence-electron chi connectivity index (χ1n) is 11.3. The first-order chi connectivity index (χ1) is 16.4. The molecule has 1 aromatic heterocycles. The zero-order valence-electron chi connectivity index (χ0n) is 19.6. The predicted molar refractivity (Wildman–Crippen MR) is 136 cm³/mol. The molecule has 0 atom stereocenters. The largest absolute Gasteiger partial charge is 0.326 e. The van der Waals surface area contributed by atoms with Crippen molar-refractivity contribution in [2.24, 2.45) is 0 Å². The van der Waals surface area contributed by atoms with Crippen LogP contribution in [0, 0.1) is 20.8 Å². The van der Waals surface area contributed by atoms with Gasteiger partial charge in [0, 0.05) is 30.2 Å². The third kappa shape index (κ3) is 5.59. The minimum atomic E-state index is -0.247. The van der Waals surface area contributed by atoms with Gasteiger partial charge in [0.05, 0.1) is 11.4 Å². The lowest BCUT2D eigenvalue weighted by Gasteiger charge is -2.10. The highest BCUT2D eigenvalue weighted by molar-refractivity contribution is 5.96. The van der Waals surface area contributed by atoms with E-state index in [2.05, 4.69) is 10.6 Å². The minimum absolute atomic E-state index is 0.0658. The Balaban J connectivity index is 1.47. The monoisotopic (exact) mass is 452 g/mol. The summed E-state index contributed by atoms with van der Waals surface area (Å²) >= 11 is 0. The van der Waals surface area contributed by atoms with Gasteiger partial charge in [0.2, 0.25) is 11.8 Å². The molecule has 0 unspecified atom stereocenters. The van der Waals surface area contributed by atoms with E-state index in [0.717, 1.165) is 39.3 Å². The van der Waals surface area contributed by atoms with E-state index < -0.39 is 0 Å². The molecule has 0 fully saturated rings. The Bertz CT molecular complexity index is 1330. The molecule has 3 aromatic carbocycles. The molecule has 0 aliphatic rings. The summed E-state index contributed by atoms with van der Waals surface area (Å²) in [5.74, 6) is 0.114. The van der Waals surface area contributed by atoms with E-state index in [1.165, 1.54) is 0 Å². The van der Waals surface area contributed by atoms with E-state index in [9.17, 15) is 9.59 Å². The standard InChI is InChI=1S/C28H28N4O2/c1-19-8-7-11-24(16-19)32-26(18-25(31-32)22-9-5-4-6-10-22)30-28(34)15-14-27(33)29-23-13-12-20(2)21(3)17-23/h4-13,16-18H,14-15H2,1-3H3,(H,29,33)(H,30,34). The Kier molecular flexibility index (Phi) is 6.87. The zero-order chi connectivity index (χ0) is 24.1. The average molecular weight is 453 g/mol. The summed E-state index contributed by atoms with van der Waals surface area (Å²) in [7, 11) is 0. The van der Waals surface area contributed by atoms with Crippen molar-refractivity contribution in [1.82, 2.24) is 9.78 Å². The molecule has 6 nitrogen and oxygen atoms in total. The predicted octanol–water partition coefficient (Wildman–Crippen LogP) is 5.82. The zero-order valence-corrected chi connectivity index (χ0v) is 19.6. The van der Waals surface area contributed by atoms with Gasteiger partial charge in [-0.2, -0.15) is 5.10 Å². The maximum Gasteiger partial charge on any atom is 0.226 e. The van der Waals surface area contributed by atoms with E-state index in [1.807, 2.05) is 99.6 Å². The van der Waals surface area contributed by atoms with Crippen LogP contribution in [0.1, 0.15) is 29.5 Å². The van der Waals surface area contributed by atoms with E-state index >= 15 is 0 Å². The Labute approximate surface area is 199 Å². The molecule has 2 N–H and O–H groups in total. The molecule has 34 heavy (non-hydrogen) atoms. The number of carbonyl (C=O) groups excluding carboxylic acids is 2. The van der Waals surface area contributed by atoms with Crippen LogP contribution in [0.5, 0.6) is 0 Å². The maximum absolute atomic E-state index is 12.7. The lowest BCUT2D eigenvalue weighted by molar-refractivity contribution is -0.121. The number of hydrogen-bond acceptors (Lipinski definition) is 3. The number of nitrogens with zero attached hydrogens (tertiary/aromatic N) is 2. The van der Waals surface area contributed by atoms with Crippen LogP contribution in [-0.2, 0) is 9.59 Å². The highest BCUT2D eigenvalue weighted by Crippen LogP contribution is 2.25. The van der Waals surface area contributed by atoms with Gasteiger partial charge >= 0.3 is 0 Å². The van der Waals surface area contributed by atoms with Gasteiger partial charge in [-0.15, -0.1) is 0 Å². The van der Waals surface area contributed by atoms with Gasteiger partial charge < -0.3 is 10.6 Å². The molecular formula is C28H28N4O2. The highest BCUT2D eigenvalue weighted by Gasteiger charge is 2.15. The first kappa shape index (κ1) is 23.0. The summed E-state index contributed by atoms with van der Waals surface area (Å²) in [5, 5.41) is 10.5. The summed E-state index contributed by atoms with van der Waals surface area (Å²) in [6.07, 6.45) is 0.152. The van der Waals surface area contributed by atoms with Crippen LogP contribution in [0.3, 0.4) is 0 Å². The van der Waals surface area contributed by atoms with Crippen LogP contribution < -0.4 is 10.6 Å². The lowest BCUT2D eigenvalue weighted by Crippen LogP contribution is -2.18. The minimum Gasteiger partial charge on any atom is -0.326 e. The second kappa shape index (κ2) is 10.2. The van der Waals surface area contributed by atoms with E-state index in [4.69, 9.17) is 5.10 Å². The summed E-state index contributed by atoms with van der Waals surface area (Å²) in [6.45, 7) is 6.03. The molecule has 172 valence electrons. The van der Waals surface area contributed by atoms with Gasteiger partial charge in [-0.05, 0) is 61.7 Å². The topological polar surface area (TPSA) is 76.0 Å². The highest BCUT2D eigenvalue weighted by atomic mass is 16.2. The van der Waals surface area contributed by atoms with Crippen molar-refractivity contribution in [3.05, 3.63) is 95.6 Å². The van der Waals surface area contributed by atoms with Gasteiger partial charge in [-0.3, -0.25) is 9.59 Å². The fourth-order valence-corrected chi connectivity index (χ4v) is 3.65. The van der Waals surface area contributed by atoms with Gasteiger partial charge in [-0.1, -0.05) is 48.5 Å². The SMILES string of the molecule is Cc1cccc(-n2nc(-c3ccccc3)cc2NC(=O)CCC(=O)Nc2ccc(C)c(C)c2)c1. The molecule has 1 heterocycles. The third-order valence-electron chi connectivity index (χ3n) is 5.66. The maximum atomic E-state index is 12.7. The van der Waals surface area contributed by atoms with Crippen molar-refractivity contribution in [2.75, 3.05) is 10.6 Å². The number of nitrogens with one attached hydrogen (secondary N) is 2. The summed E-state index contributed by atoms with van der Waals surface area (Å²) in [4.78, 5) is 25.1. The Morgan fingerprint density at radius 2 is 1.50 bits per heavy atom. The molecule has 2 amide bonds. The second-order valence-electron chi connectivity index (χ2n) is 8.43. The Morgan fingerprint density at radius 1 is 0.765 bits per heavy atom. The van der Waals surface area contributed by atoms with Crippen LogP contribution in [0.4, 0.5) is 11.5 Å². The van der Waals surface area contributed by atoms with Gasteiger partial charge in [0.25, 0.3) is 0 Å². The molecule has 0 spiro atoms. The number of amides is 2. The lowest BCUT2D eigenvalue weighted by atomic mass is 10.1. The summed E-state index contributed by atoms with van der Waals surface area (Å²) < 4.78 is 1.72. The van der Waals surface area contributed by atoms with Crippen LogP contribution in [-0.4, -0.2) is 21.6 Å². The van der Waals surface area contributed by atoms with Crippen LogP contribution in [0.15, 0.2) is 78.9 Å². The number of anilines is 2. The first-order valence-corrected chi connectivity index (χ1v) is 11.3. The average Bonchev–Trinajstić information content (AvgIpc) is 3.24. The quantitative estimate of drug-likeness (QED) is 0.371. The van der Waals surface area contributed by atoms with Crippen LogP contribution in [0.25, 0.3) is 16.9 Å². The van der Waals surface area contributed by atoms with Crippen molar-refractivity contribution in [3.8, 4) is 16.9 Å². The van der Waals surface area contributed by atoms with E-state index in [0.29, 0.717) is 5.82 Å². The van der Waals surface area contributed by atoms with Gasteiger partial charge in [-0.25, -0.2) is 4.68 Å². The molecule has 0 bridgehead atoms. The second-order valence-corrected chi connectivity index (χ2v) is 8.43. The van der Waals surface area contributed by atoms with Crippen molar-refractivity contribution in [2.45, 2.75) is 33.6 Å². The van der Waals surface area contributed by atoms with Crippen LogP contribution >= 0.6 is 0 Å². The smallest absolute Gasteiger partial charge is 0.226 e.